The van der Waals surface area contributed by atoms with E-state index in [2.05, 4.69) is 107 Å². The molecule has 0 unspecified atom stereocenters. The van der Waals surface area contributed by atoms with Gasteiger partial charge in [-0.3, -0.25) is 0 Å². The molecule has 3 saturated heterocycles. The van der Waals surface area contributed by atoms with E-state index in [1.807, 2.05) is 0 Å². The number of rotatable bonds is 3. The Balaban J connectivity index is 0.000000233. The van der Waals surface area contributed by atoms with E-state index in [9.17, 15) is 0 Å². The zero-order valence-corrected chi connectivity index (χ0v) is 24.4. The largest absolute Gasteiger partial charge is 0.380 e. The smallest absolute Gasteiger partial charge is 0.0542 e. The van der Waals surface area contributed by atoms with Gasteiger partial charge in [-0.15, -0.1) is 0 Å². The van der Waals surface area contributed by atoms with Crippen molar-refractivity contribution >= 4 is 11.8 Å². The summed E-state index contributed by atoms with van der Waals surface area (Å²) in [5, 5.41) is 0. The Hall–Kier alpha value is 0.270. The molecule has 0 aromatic carbocycles. The normalized spacial score (nSPS) is 24.3. The van der Waals surface area contributed by atoms with Crippen LogP contribution >= 0.6 is 11.8 Å². The van der Waals surface area contributed by atoms with Gasteiger partial charge in [0.25, 0.3) is 0 Å². The third-order valence-electron chi connectivity index (χ3n) is 5.98. The quantitative estimate of drug-likeness (QED) is 0.427. The lowest BCUT2D eigenvalue weighted by atomic mass is 9.70. The summed E-state index contributed by atoms with van der Waals surface area (Å²) in [5.41, 5.74) is 3.23. The molecule has 3 rings (SSSR count). The van der Waals surface area contributed by atoms with Crippen molar-refractivity contribution in [3.8, 4) is 0 Å². The van der Waals surface area contributed by atoms with E-state index in [1.165, 1.54) is 43.9 Å². The van der Waals surface area contributed by atoms with E-state index in [1.54, 1.807) is 0 Å². The molecule has 0 spiro atoms. The Morgan fingerprint density at radius 2 is 1.00 bits per heavy atom. The topological polar surface area (TPSA) is 12.5 Å². The number of hydrogen-bond acceptors (Lipinski definition) is 3. The van der Waals surface area contributed by atoms with Gasteiger partial charge in [-0.1, -0.05) is 83.1 Å². The first kappa shape index (κ1) is 29.3. The van der Waals surface area contributed by atoms with Crippen LogP contribution in [0.25, 0.3) is 0 Å². The van der Waals surface area contributed by atoms with E-state index in [0.717, 1.165) is 13.2 Å². The van der Waals surface area contributed by atoms with Crippen LogP contribution in [0.5, 0.6) is 0 Å². The van der Waals surface area contributed by atoms with Gasteiger partial charge in [0.15, 0.2) is 0 Å². The Labute approximate surface area is 201 Å². The molecule has 3 aliphatic heterocycles. The second-order valence-electron chi connectivity index (χ2n) is 15.8. The number of hydrogen-bond donors (Lipinski definition) is 0. The number of likely N-dealkylation sites (tertiary alicyclic amines) is 1. The van der Waals surface area contributed by atoms with Gasteiger partial charge in [-0.25, -0.2) is 0 Å². The highest BCUT2D eigenvalue weighted by Gasteiger charge is 2.39. The molecule has 0 radical (unpaired) electrons. The lowest BCUT2D eigenvalue weighted by Gasteiger charge is -2.49. The van der Waals surface area contributed by atoms with Gasteiger partial charge in [-0.2, -0.15) is 11.8 Å². The van der Waals surface area contributed by atoms with Crippen molar-refractivity contribution in [1.29, 1.82) is 0 Å². The first-order chi connectivity index (χ1) is 13.6. The molecule has 0 aliphatic carbocycles. The maximum atomic E-state index is 5.18. The molecular weight excluding hydrogens is 398 g/mol. The zero-order valence-electron chi connectivity index (χ0n) is 23.6. The van der Waals surface area contributed by atoms with Gasteiger partial charge >= 0.3 is 0 Å². The monoisotopic (exact) mass is 455 g/mol. The van der Waals surface area contributed by atoms with Gasteiger partial charge in [0.2, 0.25) is 0 Å². The molecule has 0 atom stereocenters. The first-order valence-electron chi connectivity index (χ1n) is 12.5. The molecule has 186 valence electrons. The Bertz CT molecular complexity index is 503. The molecule has 0 saturated carbocycles. The van der Waals surface area contributed by atoms with Gasteiger partial charge in [0, 0.05) is 18.5 Å². The third-order valence-corrected chi connectivity index (χ3v) is 7.78. The number of nitrogens with zero attached hydrogens (tertiary/aromatic N) is 1. The molecule has 0 aromatic rings. The Kier molecular flexibility index (Phi) is 9.70. The first-order valence-corrected chi connectivity index (χ1v) is 13.6. The maximum Gasteiger partial charge on any atom is 0.0542 e. The summed E-state index contributed by atoms with van der Waals surface area (Å²) in [6.07, 6.45) is 4.01. The molecule has 31 heavy (non-hydrogen) atoms. The summed E-state index contributed by atoms with van der Waals surface area (Å²) >= 11 is 2.08. The van der Waals surface area contributed by atoms with E-state index >= 15 is 0 Å². The van der Waals surface area contributed by atoms with E-state index in [0.29, 0.717) is 32.5 Å². The van der Waals surface area contributed by atoms with E-state index < -0.39 is 0 Å². The molecular formula is C28H57NOS. The highest BCUT2D eigenvalue weighted by atomic mass is 32.2. The molecule has 3 heterocycles. The van der Waals surface area contributed by atoms with Gasteiger partial charge in [-0.05, 0) is 64.9 Å². The summed E-state index contributed by atoms with van der Waals surface area (Å²) in [4.78, 5) is 2.39. The fourth-order valence-electron chi connectivity index (χ4n) is 6.31. The Morgan fingerprint density at radius 1 is 0.645 bits per heavy atom. The minimum atomic E-state index is 0.457. The van der Waals surface area contributed by atoms with Crippen molar-refractivity contribution < 1.29 is 4.74 Å². The van der Waals surface area contributed by atoms with Crippen LogP contribution in [-0.2, 0) is 4.74 Å². The molecule has 2 nitrogen and oxygen atoms in total. The van der Waals surface area contributed by atoms with Crippen LogP contribution in [0.2, 0.25) is 0 Å². The molecule has 3 aliphatic rings. The maximum absolute atomic E-state index is 5.18. The molecule has 0 aromatic heterocycles. The van der Waals surface area contributed by atoms with Crippen LogP contribution in [0.4, 0.5) is 0 Å². The number of ether oxygens (including phenoxy) is 1. The predicted molar refractivity (Wildman–Crippen MR) is 142 cm³/mol. The standard InChI is InChI=1S/C10H21N.C9H18O.C9H18S/c1-9(2,3)6-10(4)7-11(5)8-10;2*1-8(2,3)5-9(4)6-10-7-9/h6-8H2,1-5H3;2*5-7H2,1-4H3. The SMILES string of the molecule is CC(C)(C)CC1(C)COC1.CC(C)(C)CC1(C)CSC1.CN1CC(C)(CC(C)(C)C)C1. The fourth-order valence-corrected chi connectivity index (χ4v) is 7.42. The van der Waals surface area contributed by atoms with Crippen molar-refractivity contribution in [1.82, 2.24) is 4.90 Å². The van der Waals surface area contributed by atoms with Crippen molar-refractivity contribution in [2.24, 2.45) is 32.5 Å². The van der Waals surface area contributed by atoms with E-state index in [-0.39, 0.29) is 0 Å². The van der Waals surface area contributed by atoms with Crippen molar-refractivity contribution in [3.63, 3.8) is 0 Å². The van der Waals surface area contributed by atoms with Crippen LogP contribution < -0.4 is 0 Å². The summed E-state index contributed by atoms with van der Waals surface area (Å²) in [6.45, 7) is 32.5. The van der Waals surface area contributed by atoms with Gasteiger partial charge < -0.3 is 9.64 Å². The second-order valence-corrected chi connectivity index (χ2v) is 16.8. The minimum Gasteiger partial charge on any atom is -0.380 e. The fraction of sp³-hybridized carbons (Fsp3) is 1.00. The molecule has 0 N–H and O–H groups in total. The third kappa shape index (κ3) is 12.3. The minimum absolute atomic E-state index is 0.457. The summed E-state index contributed by atoms with van der Waals surface area (Å²) in [5.74, 6) is 2.76. The van der Waals surface area contributed by atoms with Crippen LogP contribution in [0, 0.1) is 32.5 Å². The average molecular weight is 456 g/mol. The lowest BCUT2D eigenvalue weighted by Crippen LogP contribution is -2.53. The highest BCUT2D eigenvalue weighted by Crippen LogP contribution is 2.45. The van der Waals surface area contributed by atoms with Crippen LogP contribution in [0.3, 0.4) is 0 Å². The highest BCUT2D eigenvalue weighted by molar-refractivity contribution is 8.00. The van der Waals surface area contributed by atoms with Crippen LogP contribution in [0.1, 0.15) is 102 Å². The van der Waals surface area contributed by atoms with Crippen LogP contribution in [0.15, 0.2) is 0 Å². The summed E-state index contributed by atoms with van der Waals surface area (Å²) in [6, 6.07) is 0. The lowest BCUT2D eigenvalue weighted by molar-refractivity contribution is -0.119. The summed E-state index contributed by atoms with van der Waals surface area (Å²) in [7, 11) is 2.20. The van der Waals surface area contributed by atoms with Gasteiger partial charge in [0.05, 0.1) is 13.2 Å². The van der Waals surface area contributed by atoms with Crippen LogP contribution in [-0.4, -0.2) is 49.8 Å². The predicted octanol–water partition coefficient (Wildman–Crippen LogP) is 8.01. The molecule has 0 amide bonds. The summed E-state index contributed by atoms with van der Waals surface area (Å²) < 4.78 is 5.18. The van der Waals surface area contributed by atoms with Gasteiger partial charge in [0.1, 0.15) is 0 Å². The Morgan fingerprint density at radius 3 is 1.16 bits per heavy atom. The molecule has 0 bridgehead atoms. The van der Waals surface area contributed by atoms with Crippen molar-refractivity contribution in [2.45, 2.75) is 102 Å². The number of thioether (sulfide) groups is 1. The molecule has 3 fully saturated rings. The van der Waals surface area contributed by atoms with Crippen molar-refractivity contribution in [2.75, 3.05) is 44.9 Å². The van der Waals surface area contributed by atoms with Crippen molar-refractivity contribution in [3.05, 3.63) is 0 Å². The second kappa shape index (κ2) is 10.3. The average Bonchev–Trinajstić information content (AvgIpc) is 2.38. The molecule has 3 heteroatoms. The zero-order chi connectivity index (χ0) is 24.4. The van der Waals surface area contributed by atoms with E-state index in [4.69, 9.17) is 4.74 Å².